The average Bonchev–Trinajstić information content (AvgIpc) is 3.29. The maximum atomic E-state index is 12.5. The van der Waals surface area contributed by atoms with E-state index in [0.717, 1.165) is 11.6 Å². The van der Waals surface area contributed by atoms with Gasteiger partial charge in [0.1, 0.15) is 17.0 Å². The Balaban J connectivity index is 1.56. The van der Waals surface area contributed by atoms with Crippen molar-refractivity contribution < 1.29 is 21.6 Å². The summed E-state index contributed by atoms with van der Waals surface area (Å²) in [6, 6.07) is 1.03. The Morgan fingerprint density at radius 2 is 2.00 bits per heavy atom. The molecule has 0 radical (unpaired) electrons. The van der Waals surface area contributed by atoms with Crippen molar-refractivity contribution in [3.63, 3.8) is 0 Å². The normalized spacial score (nSPS) is 22.0. The van der Waals surface area contributed by atoms with E-state index < -0.39 is 28.8 Å². The molecule has 0 aliphatic heterocycles. The van der Waals surface area contributed by atoms with Crippen LogP contribution in [0.1, 0.15) is 37.5 Å². The highest BCUT2D eigenvalue weighted by atomic mass is 32.2. The molecule has 1 saturated carbocycles. The second-order valence-corrected chi connectivity index (χ2v) is 9.64. The van der Waals surface area contributed by atoms with Gasteiger partial charge in [0.25, 0.3) is 0 Å². The van der Waals surface area contributed by atoms with Crippen LogP contribution in [0.3, 0.4) is 0 Å². The van der Waals surface area contributed by atoms with Crippen molar-refractivity contribution in [1.82, 2.24) is 30.0 Å². The van der Waals surface area contributed by atoms with Crippen LogP contribution in [0.2, 0.25) is 0 Å². The van der Waals surface area contributed by atoms with Gasteiger partial charge in [0.05, 0.1) is 30.6 Å². The summed E-state index contributed by atoms with van der Waals surface area (Å²) >= 11 is 0. The lowest BCUT2D eigenvalue weighted by atomic mass is 9.81. The predicted molar refractivity (Wildman–Crippen MR) is 106 cm³/mol. The first-order chi connectivity index (χ1) is 14.1. The number of sulfonamides is 1. The number of aromatic amines is 2. The summed E-state index contributed by atoms with van der Waals surface area (Å²) in [6.07, 6.45) is 2.47. The quantitative estimate of drug-likeness (QED) is 0.467. The van der Waals surface area contributed by atoms with E-state index in [0.29, 0.717) is 48.2 Å². The minimum absolute atomic E-state index is 0.0844. The molecule has 1 aliphatic rings. The first kappa shape index (κ1) is 21.1. The Hall–Kier alpha value is -2.18. The molecule has 4 rings (SSSR count). The lowest BCUT2D eigenvalue weighted by Gasteiger charge is -2.33. The minimum atomic E-state index is -4.25. The monoisotopic (exact) mass is 444 g/mol. The molecule has 1 aliphatic carbocycles. The number of imidazole rings is 1. The van der Waals surface area contributed by atoms with Gasteiger partial charge >= 0.3 is 6.18 Å². The third kappa shape index (κ3) is 4.76. The van der Waals surface area contributed by atoms with Crippen LogP contribution in [0.5, 0.6) is 0 Å². The van der Waals surface area contributed by atoms with Gasteiger partial charge in [-0.15, -0.1) is 0 Å². The molecule has 8 nitrogen and oxygen atoms in total. The number of aromatic nitrogens is 4. The second-order valence-electron chi connectivity index (χ2n) is 7.86. The number of halogens is 3. The van der Waals surface area contributed by atoms with Crippen LogP contribution in [-0.2, 0) is 10.0 Å². The summed E-state index contributed by atoms with van der Waals surface area (Å²) in [5.74, 6) is 0.400. The molecule has 0 spiro atoms. The summed E-state index contributed by atoms with van der Waals surface area (Å²) in [7, 11) is -3.53. The molecule has 1 fully saturated rings. The third-order valence-electron chi connectivity index (χ3n) is 5.52. The lowest BCUT2D eigenvalue weighted by molar-refractivity contribution is -0.126. The van der Waals surface area contributed by atoms with E-state index >= 15 is 0 Å². The Kier molecular flexibility index (Phi) is 5.49. The number of hydrogen-bond acceptors (Lipinski definition) is 5. The zero-order valence-corrected chi connectivity index (χ0v) is 17.1. The van der Waals surface area contributed by atoms with Gasteiger partial charge in [-0.1, -0.05) is 0 Å². The molecule has 3 aromatic heterocycles. The van der Waals surface area contributed by atoms with Crippen LogP contribution < -0.4 is 10.0 Å². The molecule has 1 unspecified atom stereocenters. The molecule has 1 atom stereocenters. The number of nitrogens with one attached hydrogen (secondary N) is 4. The highest BCUT2D eigenvalue weighted by Crippen LogP contribution is 2.35. The molecule has 3 heterocycles. The predicted octanol–water partition coefficient (Wildman–Crippen LogP) is 2.74. The standard InChI is InChI=1S/C18H23F3N6O2S/c1-30(28,29)27-14(10-2-4-11(5-3-10)24-9-18(19,20)21)17-25-13-8-23-16-12(6-7-22-16)15(13)26-17/h6-8,10-11,14,24,27H,2-5,9H2,1H3,(H,22,23)(H,25,26). The molecule has 0 aromatic carbocycles. The highest BCUT2D eigenvalue weighted by molar-refractivity contribution is 7.88. The van der Waals surface area contributed by atoms with Crippen LogP contribution in [-0.4, -0.2) is 53.4 Å². The highest BCUT2D eigenvalue weighted by Gasteiger charge is 2.34. The van der Waals surface area contributed by atoms with Gasteiger partial charge in [-0.05, 0) is 37.7 Å². The zero-order chi connectivity index (χ0) is 21.5. The van der Waals surface area contributed by atoms with E-state index in [4.69, 9.17) is 0 Å². The van der Waals surface area contributed by atoms with E-state index in [-0.39, 0.29) is 12.0 Å². The minimum Gasteiger partial charge on any atom is -0.346 e. The van der Waals surface area contributed by atoms with Gasteiger partial charge in [-0.3, -0.25) is 0 Å². The van der Waals surface area contributed by atoms with Crippen molar-refractivity contribution >= 4 is 32.1 Å². The molecule has 0 amide bonds. The molecular weight excluding hydrogens is 421 g/mol. The third-order valence-corrected chi connectivity index (χ3v) is 6.21. The molecule has 0 bridgehead atoms. The van der Waals surface area contributed by atoms with E-state index in [1.165, 1.54) is 0 Å². The van der Waals surface area contributed by atoms with Crippen molar-refractivity contribution in [2.24, 2.45) is 5.92 Å². The first-order valence-corrected chi connectivity index (χ1v) is 11.6. The number of rotatable bonds is 6. The fraction of sp³-hybridized carbons (Fsp3) is 0.556. The lowest BCUT2D eigenvalue weighted by Crippen LogP contribution is -2.41. The Labute approximate surface area is 171 Å². The summed E-state index contributed by atoms with van der Waals surface area (Å²) in [4.78, 5) is 15.2. The van der Waals surface area contributed by atoms with Gasteiger partial charge in [0.2, 0.25) is 10.0 Å². The maximum absolute atomic E-state index is 12.5. The zero-order valence-electron chi connectivity index (χ0n) is 16.3. The molecule has 4 N–H and O–H groups in total. The van der Waals surface area contributed by atoms with Crippen LogP contribution in [0, 0.1) is 5.92 Å². The molecule has 0 saturated heterocycles. The Morgan fingerprint density at radius 1 is 1.27 bits per heavy atom. The van der Waals surface area contributed by atoms with Crippen LogP contribution in [0.15, 0.2) is 18.5 Å². The summed E-state index contributed by atoms with van der Waals surface area (Å²) < 4.78 is 64.1. The Morgan fingerprint density at radius 3 is 2.67 bits per heavy atom. The Bertz CT molecular complexity index is 1130. The van der Waals surface area contributed by atoms with Crippen molar-refractivity contribution in [3.05, 3.63) is 24.3 Å². The van der Waals surface area contributed by atoms with Gasteiger partial charge in [-0.2, -0.15) is 13.2 Å². The van der Waals surface area contributed by atoms with Gasteiger partial charge in [-0.25, -0.2) is 23.1 Å². The summed E-state index contributed by atoms with van der Waals surface area (Å²) in [6.45, 7) is -1.02. The van der Waals surface area contributed by atoms with Gasteiger partial charge < -0.3 is 15.3 Å². The van der Waals surface area contributed by atoms with Gasteiger partial charge in [0.15, 0.2) is 0 Å². The summed E-state index contributed by atoms with van der Waals surface area (Å²) in [5.41, 5.74) is 2.07. The number of fused-ring (bicyclic) bond motifs is 3. The van der Waals surface area contributed by atoms with Crippen molar-refractivity contribution in [3.8, 4) is 0 Å². The first-order valence-electron chi connectivity index (χ1n) is 9.68. The number of H-pyrrole nitrogens is 2. The largest absolute Gasteiger partial charge is 0.401 e. The topological polar surface area (TPSA) is 116 Å². The van der Waals surface area contributed by atoms with E-state index in [1.807, 2.05) is 6.07 Å². The van der Waals surface area contributed by atoms with E-state index in [9.17, 15) is 21.6 Å². The molecular formula is C18H23F3N6O2S. The number of alkyl halides is 3. The second kappa shape index (κ2) is 7.82. The SMILES string of the molecule is CS(=O)(=O)NC(c1nc2c(cnc3[nH]ccc32)[nH]1)C1CCC(NCC(F)(F)F)CC1. The fourth-order valence-corrected chi connectivity index (χ4v) is 4.93. The van der Waals surface area contributed by atoms with Crippen molar-refractivity contribution in [2.75, 3.05) is 12.8 Å². The summed E-state index contributed by atoms with van der Waals surface area (Å²) in [5, 5.41) is 3.38. The van der Waals surface area contributed by atoms with Gasteiger partial charge in [0, 0.05) is 17.6 Å². The number of pyridine rings is 1. The van der Waals surface area contributed by atoms with Crippen molar-refractivity contribution in [2.45, 2.75) is 43.9 Å². The van der Waals surface area contributed by atoms with Crippen LogP contribution in [0.4, 0.5) is 13.2 Å². The maximum Gasteiger partial charge on any atom is 0.401 e. The van der Waals surface area contributed by atoms with E-state index in [2.05, 4.69) is 30.0 Å². The molecule has 30 heavy (non-hydrogen) atoms. The smallest absolute Gasteiger partial charge is 0.346 e. The molecule has 3 aromatic rings. The number of hydrogen-bond donors (Lipinski definition) is 4. The number of nitrogens with zero attached hydrogens (tertiary/aromatic N) is 2. The fourth-order valence-electron chi connectivity index (χ4n) is 4.16. The molecule has 164 valence electrons. The van der Waals surface area contributed by atoms with Crippen molar-refractivity contribution in [1.29, 1.82) is 0 Å². The van der Waals surface area contributed by atoms with Crippen LogP contribution >= 0.6 is 0 Å². The van der Waals surface area contributed by atoms with Crippen LogP contribution in [0.25, 0.3) is 22.1 Å². The molecule has 12 heteroatoms. The average molecular weight is 444 g/mol. The van der Waals surface area contributed by atoms with E-state index in [1.54, 1.807) is 12.4 Å².